The molecule has 3 heterocycles. The highest BCUT2D eigenvalue weighted by atomic mass is 19.4. The van der Waals surface area contributed by atoms with Crippen LogP contribution in [0.1, 0.15) is 22.5 Å². The van der Waals surface area contributed by atoms with E-state index < -0.39 is 17.5 Å². The molecule has 0 bridgehead atoms. The Labute approximate surface area is 288 Å². The fraction of sp³-hybridized carbons (Fsp3) is 0.158. The van der Waals surface area contributed by atoms with Gasteiger partial charge in [0.05, 0.1) is 16.5 Å². The van der Waals surface area contributed by atoms with Gasteiger partial charge in [-0.1, -0.05) is 65.8 Å². The smallest absolute Gasteiger partial charge is 0.417 e. The van der Waals surface area contributed by atoms with E-state index in [1.165, 1.54) is 4.57 Å². The number of rotatable bonds is 11. The summed E-state index contributed by atoms with van der Waals surface area (Å²) in [5, 5.41) is 13.7. The number of alkyl halides is 3. The van der Waals surface area contributed by atoms with Crippen LogP contribution in [0.5, 0.6) is 11.5 Å². The first-order valence-electron chi connectivity index (χ1n) is 16.0. The Kier molecular flexibility index (Phi) is 9.01. The highest BCUT2D eigenvalue weighted by Gasteiger charge is 2.35. The number of nitrogens with zero attached hydrogens (tertiary/aromatic N) is 4. The van der Waals surface area contributed by atoms with Gasteiger partial charge in [0.15, 0.2) is 6.61 Å². The van der Waals surface area contributed by atoms with Crippen LogP contribution in [0, 0.1) is 0 Å². The maximum atomic E-state index is 13.8. The largest absolute Gasteiger partial charge is 0.508 e. The first-order valence-corrected chi connectivity index (χ1v) is 16.0. The van der Waals surface area contributed by atoms with Crippen molar-refractivity contribution in [1.82, 2.24) is 24.3 Å². The van der Waals surface area contributed by atoms with Crippen LogP contribution in [0.25, 0.3) is 33.7 Å². The van der Waals surface area contributed by atoms with Crippen molar-refractivity contribution < 1.29 is 27.5 Å². The van der Waals surface area contributed by atoms with Crippen LogP contribution in [0.3, 0.4) is 0 Å². The first-order chi connectivity index (χ1) is 24.6. The molecule has 0 unspecified atom stereocenters. The Morgan fingerprint density at radius 3 is 2.10 bits per heavy atom. The Hall–Kier alpha value is -6.37. The number of hydrogen-bond acceptors (Lipinski definition) is 7. The number of benzene rings is 4. The fourth-order valence-corrected chi connectivity index (χ4v) is 5.88. The molecule has 0 radical (unpaired) electrons. The number of aryl methyl sites for hydroxylation is 3. The number of aromatic nitrogens is 5. The number of phenols is 1. The van der Waals surface area contributed by atoms with E-state index in [0.717, 1.165) is 28.8 Å². The summed E-state index contributed by atoms with van der Waals surface area (Å²) in [4.78, 5) is 34.8. The number of hydrogen-bond donors (Lipinski definition) is 2. The molecule has 4 aromatic carbocycles. The van der Waals surface area contributed by atoms with Crippen molar-refractivity contribution in [3.05, 3.63) is 153 Å². The maximum Gasteiger partial charge on any atom is 0.417 e. The first kappa shape index (κ1) is 33.1. The predicted molar refractivity (Wildman–Crippen MR) is 183 cm³/mol. The summed E-state index contributed by atoms with van der Waals surface area (Å²) < 4.78 is 54.3. The SMILES string of the molecule is O=c1c2cc(-c3ccc(OCc4noc(-c5ccc(O)cc5C(F)(F)F)n4)cc3)[nH]c2n(CCc2ccccc2)c(=O)n1CCc1ccccc1. The molecule has 0 spiro atoms. The zero-order valence-electron chi connectivity index (χ0n) is 26.9. The molecule has 258 valence electrons. The van der Waals surface area contributed by atoms with E-state index in [0.29, 0.717) is 47.9 Å². The molecule has 0 aliphatic carbocycles. The number of H-pyrrole nitrogens is 1. The minimum Gasteiger partial charge on any atom is -0.508 e. The molecule has 0 aliphatic rings. The van der Waals surface area contributed by atoms with Gasteiger partial charge in [0.2, 0.25) is 5.82 Å². The van der Waals surface area contributed by atoms with Crippen molar-refractivity contribution >= 4 is 11.0 Å². The maximum absolute atomic E-state index is 13.8. The van der Waals surface area contributed by atoms with E-state index in [4.69, 9.17) is 9.26 Å². The molecule has 51 heavy (non-hydrogen) atoms. The Morgan fingerprint density at radius 1 is 0.804 bits per heavy atom. The average molecular weight is 694 g/mol. The molecule has 2 N–H and O–H groups in total. The predicted octanol–water partition coefficient (Wildman–Crippen LogP) is 7.00. The van der Waals surface area contributed by atoms with Crippen molar-refractivity contribution in [2.75, 3.05) is 0 Å². The minimum atomic E-state index is -4.75. The zero-order valence-corrected chi connectivity index (χ0v) is 26.9. The van der Waals surface area contributed by atoms with Gasteiger partial charge < -0.3 is 19.4 Å². The van der Waals surface area contributed by atoms with E-state index in [1.54, 1.807) is 34.9 Å². The summed E-state index contributed by atoms with van der Waals surface area (Å²) in [6.45, 7) is 0.403. The third-order valence-corrected chi connectivity index (χ3v) is 8.48. The Bertz CT molecular complexity index is 2420. The van der Waals surface area contributed by atoms with Gasteiger partial charge in [-0.05, 0) is 78.1 Å². The molecular weight excluding hydrogens is 663 g/mol. The quantitative estimate of drug-likeness (QED) is 0.149. The number of aromatic amines is 1. The Morgan fingerprint density at radius 2 is 1.45 bits per heavy atom. The van der Waals surface area contributed by atoms with Gasteiger partial charge in [-0.3, -0.25) is 13.9 Å². The lowest BCUT2D eigenvalue weighted by Gasteiger charge is -2.12. The van der Waals surface area contributed by atoms with Crippen molar-refractivity contribution in [2.45, 2.75) is 38.7 Å². The highest BCUT2D eigenvalue weighted by Crippen LogP contribution is 2.38. The van der Waals surface area contributed by atoms with Crippen LogP contribution in [0.2, 0.25) is 0 Å². The van der Waals surface area contributed by atoms with Gasteiger partial charge in [0, 0.05) is 18.8 Å². The lowest BCUT2D eigenvalue weighted by Crippen LogP contribution is -2.40. The third-order valence-electron chi connectivity index (χ3n) is 8.48. The highest BCUT2D eigenvalue weighted by molar-refractivity contribution is 5.82. The molecule has 0 saturated heterocycles. The summed E-state index contributed by atoms with van der Waals surface area (Å²) in [5.41, 5.74) is 1.63. The molecule has 13 heteroatoms. The van der Waals surface area contributed by atoms with E-state index in [9.17, 15) is 27.9 Å². The van der Waals surface area contributed by atoms with Crippen LogP contribution >= 0.6 is 0 Å². The molecule has 0 amide bonds. The van der Waals surface area contributed by atoms with E-state index in [1.807, 2.05) is 60.7 Å². The topological polar surface area (TPSA) is 128 Å². The van der Waals surface area contributed by atoms with Gasteiger partial charge in [0.1, 0.15) is 17.1 Å². The lowest BCUT2D eigenvalue weighted by molar-refractivity contribution is -0.137. The molecular formula is C38H30F3N5O5. The van der Waals surface area contributed by atoms with Gasteiger partial charge in [-0.2, -0.15) is 18.2 Å². The second-order valence-corrected chi connectivity index (χ2v) is 11.9. The second-order valence-electron chi connectivity index (χ2n) is 11.9. The molecule has 0 saturated carbocycles. The van der Waals surface area contributed by atoms with Crippen molar-refractivity contribution in [2.24, 2.45) is 0 Å². The van der Waals surface area contributed by atoms with Crippen molar-refractivity contribution in [3.63, 3.8) is 0 Å². The molecule has 3 aromatic heterocycles. The van der Waals surface area contributed by atoms with Crippen LogP contribution in [0.4, 0.5) is 13.2 Å². The standard InChI is InChI=1S/C38H30F3N5O5/c39-38(40,41)31-21-27(47)13-16-29(31)35-43-33(44-51-35)23-50-28-14-11-26(12-15-28)32-22-30-34(42-32)45(19-17-24-7-3-1-4-8-24)37(49)46(36(30)48)20-18-25-9-5-2-6-10-25/h1-16,21-22,42,47H,17-20,23H2. The Balaban J connectivity index is 1.12. The van der Waals surface area contributed by atoms with Crippen LogP contribution in [-0.4, -0.2) is 29.4 Å². The van der Waals surface area contributed by atoms with Gasteiger partial charge in [0.25, 0.3) is 11.4 Å². The van der Waals surface area contributed by atoms with Crippen molar-refractivity contribution in [1.29, 1.82) is 0 Å². The van der Waals surface area contributed by atoms with E-state index in [2.05, 4.69) is 15.1 Å². The third kappa shape index (κ3) is 7.18. The van der Waals surface area contributed by atoms with Crippen LogP contribution in [-0.2, 0) is 38.7 Å². The monoisotopic (exact) mass is 693 g/mol. The number of nitrogens with one attached hydrogen (secondary N) is 1. The molecule has 0 aliphatic heterocycles. The number of ether oxygens (including phenoxy) is 1. The number of phenolic OH excluding ortho intramolecular Hbond substituents is 1. The summed E-state index contributed by atoms with van der Waals surface area (Å²) in [7, 11) is 0. The molecule has 7 aromatic rings. The molecule has 0 atom stereocenters. The van der Waals surface area contributed by atoms with Crippen LogP contribution < -0.4 is 16.0 Å². The number of halogens is 3. The van der Waals surface area contributed by atoms with E-state index >= 15 is 0 Å². The number of fused-ring (bicyclic) bond motifs is 1. The van der Waals surface area contributed by atoms with E-state index in [-0.39, 0.29) is 41.7 Å². The summed E-state index contributed by atoms with van der Waals surface area (Å²) in [6, 6.07) is 30.9. The minimum absolute atomic E-state index is 0.0166. The van der Waals surface area contributed by atoms with Gasteiger partial charge in [-0.15, -0.1) is 0 Å². The zero-order chi connectivity index (χ0) is 35.5. The average Bonchev–Trinajstić information content (AvgIpc) is 3.80. The summed E-state index contributed by atoms with van der Waals surface area (Å²) in [5.74, 6) is -0.470. The molecule has 7 rings (SSSR count). The number of aromatic hydroxyl groups is 1. The molecule has 0 fully saturated rings. The second kappa shape index (κ2) is 13.9. The van der Waals surface area contributed by atoms with Gasteiger partial charge in [-0.25, -0.2) is 4.79 Å². The fourth-order valence-electron chi connectivity index (χ4n) is 5.88. The van der Waals surface area contributed by atoms with Crippen molar-refractivity contribution in [3.8, 4) is 34.2 Å². The normalized spacial score (nSPS) is 11.7. The van der Waals surface area contributed by atoms with Crippen LogP contribution in [0.15, 0.2) is 123 Å². The summed E-state index contributed by atoms with van der Waals surface area (Å²) >= 11 is 0. The summed E-state index contributed by atoms with van der Waals surface area (Å²) in [6.07, 6.45) is -3.63. The lowest BCUT2D eigenvalue weighted by atomic mass is 10.1. The van der Waals surface area contributed by atoms with Gasteiger partial charge >= 0.3 is 11.9 Å². The molecule has 10 nitrogen and oxygen atoms in total.